The molecule has 0 aliphatic carbocycles. The Balaban J connectivity index is 1.74. The maximum absolute atomic E-state index is 8.84. The summed E-state index contributed by atoms with van der Waals surface area (Å²) in [5.74, 6) is 0.597. The molecule has 0 saturated heterocycles. The second-order valence-electron chi connectivity index (χ2n) is 5.16. The van der Waals surface area contributed by atoms with Gasteiger partial charge in [-0.2, -0.15) is 0 Å². The largest absolute Gasteiger partial charge is 0.477 e. The SMILES string of the molecule is OC/C=C/Cc1c[nH]c2ncnc(OCCc3ccccc3)c12. The summed E-state index contributed by atoms with van der Waals surface area (Å²) < 4.78 is 5.88. The predicted octanol–water partition coefficient (Wildman–Crippen LogP) is 2.67. The van der Waals surface area contributed by atoms with Gasteiger partial charge in [0, 0.05) is 12.6 Å². The van der Waals surface area contributed by atoms with Crippen LogP contribution in [-0.2, 0) is 12.8 Å². The first kappa shape index (κ1) is 15.2. The lowest BCUT2D eigenvalue weighted by atomic mass is 10.1. The van der Waals surface area contributed by atoms with E-state index < -0.39 is 0 Å². The third-order valence-electron chi connectivity index (χ3n) is 3.60. The first-order chi connectivity index (χ1) is 11.4. The lowest BCUT2D eigenvalue weighted by Gasteiger charge is -2.07. The first-order valence-corrected chi connectivity index (χ1v) is 7.62. The van der Waals surface area contributed by atoms with Crippen LogP contribution in [0.3, 0.4) is 0 Å². The number of nitrogens with zero attached hydrogens (tertiary/aromatic N) is 2. The van der Waals surface area contributed by atoms with Crippen LogP contribution in [0.4, 0.5) is 0 Å². The summed E-state index contributed by atoms with van der Waals surface area (Å²) in [5.41, 5.74) is 3.06. The maximum atomic E-state index is 8.84. The molecule has 0 spiro atoms. The Bertz CT molecular complexity index is 781. The number of rotatable bonds is 7. The zero-order chi connectivity index (χ0) is 15.9. The molecule has 0 aliphatic heterocycles. The molecule has 23 heavy (non-hydrogen) atoms. The summed E-state index contributed by atoms with van der Waals surface area (Å²) >= 11 is 0. The zero-order valence-corrected chi connectivity index (χ0v) is 12.8. The van der Waals surface area contributed by atoms with Gasteiger partial charge in [0.25, 0.3) is 0 Å². The number of hydrogen-bond donors (Lipinski definition) is 2. The van der Waals surface area contributed by atoms with Crippen molar-refractivity contribution in [2.75, 3.05) is 13.2 Å². The number of hydrogen-bond acceptors (Lipinski definition) is 4. The van der Waals surface area contributed by atoms with E-state index >= 15 is 0 Å². The highest BCUT2D eigenvalue weighted by molar-refractivity contribution is 5.84. The topological polar surface area (TPSA) is 71.0 Å². The summed E-state index contributed by atoms with van der Waals surface area (Å²) in [6, 6.07) is 10.2. The monoisotopic (exact) mass is 309 g/mol. The Hall–Kier alpha value is -2.66. The summed E-state index contributed by atoms with van der Waals surface area (Å²) in [7, 11) is 0. The van der Waals surface area contributed by atoms with Crippen molar-refractivity contribution >= 4 is 11.0 Å². The van der Waals surface area contributed by atoms with Gasteiger partial charge in [0.1, 0.15) is 12.0 Å². The molecule has 5 nitrogen and oxygen atoms in total. The summed E-state index contributed by atoms with van der Waals surface area (Å²) in [5, 5.41) is 9.75. The van der Waals surface area contributed by atoms with Crippen LogP contribution in [0.2, 0.25) is 0 Å². The number of aliphatic hydroxyl groups is 1. The fourth-order valence-corrected chi connectivity index (χ4v) is 2.46. The molecular formula is C18H19N3O2. The molecule has 0 fully saturated rings. The van der Waals surface area contributed by atoms with E-state index in [0.29, 0.717) is 18.9 Å². The van der Waals surface area contributed by atoms with Crippen molar-refractivity contribution in [3.63, 3.8) is 0 Å². The molecule has 0 radical (unpaired) electrons. The van der Waals surface area contributed by atoms with E-state index in [-0.39, 0.29) is 6.61 Å². The molecule has 2 aromatic heterocycles. The Kier molecular flexibility index (Phi) is 5.01. The Morgan fingerprint density at radius 1 is 1.13 bits per heavy atom. The minimum atomic E-state index is 0.0410. The van der Waals surface area contributed by atoms with Gasteiger partial charge in [-0.1, -0.05) is 42.5 Å². The van der Waals surface area contributed by atoms with Crippen LogP contribution < -0.4 is 4.74 Å². The van der Waals surface area contributed by atoms with Crippen LogP contribution >= 0.6 is 0 Å². The van der Waals surface area contributed by atoms with E-state index in [9.17, 15) is 0 Å². The maximum Gasteiger partial charge on any atom is 0.226 e. The average Bonchev–Trinajstić information content (AvgIpc) is 3.00. The van der Waals surface area contributed by atoms with Gasteiger partial charge < -0.3 is 14.8 Å². The first-order valence-electron chi connectivity index (χ1n) is 7.62. The molecule has 5 heteroatoms. The second kappa shape index (κ2) is 7.56. The van der Waals surface area contributed by atoms with Crippen molar-refractivity contribution in [2.45, 2.75) is 12.8 Å². The normalized spacial score (nSPS) is 11.3. The van der Waals surface area contributed by atoms with Gasteiger partial charge in [-0.15, -0.1) is 0 Å². The predicted molar refractivity (Wildman–Crippen MR) is 89.5 cm³/mol. The van der Waals surface area contributed by atoms with Gasteiger partial charge in [-0.05, 0) is 17.5 Å². The molecule has 0 saturated carbocycles. The molecule has 0 aliphatic rings. The van der Waals surface area contributed by atoms with Crippen LogP contribution in [0.15, 0.2) is 55.0 Å². The van der Waals surface area contributed by atoms with Gasteiger partial charge in [-0.25, -0.2) is 9.97 Å². The van der Waals surface area contributed by atoms with Crippen molar-refractivity contribution in [1.82, 2.24) is 15.0 Å². The Labute approximate surface area is 134 Å². The molecular weight excluding hydrogens is 290 g/mol. The smallest absolute Gasteiger partial charge is 0.226 e. The number of aromatic nitrogens is 3. The van der Waals surface area contributed by atoms with E-state index in [1.54, 1.807) is 6.08 Å². The third-order valence-corrected chi connectivity index (χ3v) is 3.60. The van der Waals surface area contributed by atoms with Crippen molar-refractivity contribution in [3.05, 3.63) is 66.1 Å². The number of fused-ring (bicyclic) bond motifs is 1. The molecule has 0 amide bonds. The number of aromatic amines is 1. The average molecular weight is 309 g/mol. The fourth-order valence-electron chi connectivity index (χ4n) is 2.46. The van der Waals surface area contributed by atoms with Crippen molar-refractivity contribution in [2.24, 2.45) is 0 Å². The summed E-state index contributed by atoms with van der Waals surface area (Å²) in [6.07, 6.45) is 8.58. The molecule has 3 aromatic rings. The number of allylic oxidation sites excluding steroid dienone is 1. The highest BCUT2D eigenvalue weighted by Gasteiger charge is 2.11. The molecule has 2 N–H and O–H groups in total. The van der Waals surface area contributed by atoms with Crippen LogP contribution in [0, 0.1) is 0 Å². The molecule has 0 unspecified atom stereocenters. The Morgan fingerprint density at radius 2 is 2.00 bits per heavy atom. The minimum Gasteiger partial charge on any atom is -0.477 e. The van der Waals surface area contributed by atoms with Gasteiger partial charge in [-0.3, -0.25) is 0 Å². The van der Waals surface area contributed by atoms with Gasteiger partial charge in [0.2, 0.25) is 5.88 Å². The van der Waals surface area contributed by atoms with Gasteiger partial charge in [0.15, 0.2) is 0 Å². The van der Waals surface area contributed by atoms with Crippen LogP contribution in [-0.4, -0.2) is 33.3 Å². The molecule has 118 valence electrons. The lowest BCUT2D eigenvalue weighted by molar-refractivity contribution is 0.313. The fraction of sp³-hybridized carbons (Fsp3) is 0.222. The van der Waals surface area contributed by atoms with Gasteiger partial charge >= 0.3 is 0 Å². The summed E-state index contributed by atoms with van der Waals surface area (Å²) in [6.45, 7) is 0.604. The number of benzene rings is 1. The molecule has 0 atom stereocenters. The van der Waals surface area contributed by atoms with E-state index in [0.717, 1.165) is 23.0 Å². The highest BCUT2D eigenvalue weighted by atomic mass is 16.5. The molecule has 1 aromatic carbocycles. The molecule has 0 bridgehead atoms. The number of H-pyrrole nitrogens is 1. The van der Waals surface area contributed by atoms with E-state index in [4.69, 9.17) is 9.84 Å². The Morgan fingerprint density at radius 3 is 2.83 bits per heavy atom. The minimum absolute atomic E-state index is 0.0410. The highest BCUT2D eigenvalue weighted by Crippen LogP contribution is 2.25. The zero-order valence-electron chi connectivity index (χ0n) is 12.8. The lowest BCUT2D eigenvalue weighted by Crippen LogP contribution is -2.03. The van der Waals surface area contributed by atoms with Crippen molar-refractivity contribution in [1.29, 1.82) is 0 Å². The van der Waals surface area contributed by atoms with Crippen LogP contribution in [0.25, 0.3) is 11.0 Å². The van der Waals surface area contributed by atoms with E-state index in [2.05, 4.69) is 27.1 Å². The number of aliphatic hydroxyl groups excluding tert-OH is 1. The summed E-state index contributed by atoms with van der Waals surface area (Å²) in [4.78, 5) is 11.6. The van der Waals surface area contributed by atoms with Crippen LogP contribution in [0.1, 0.15) is 11.1 Å². The van der Waals surface area contributed by atoms with Crippen molar-refractivity contribution < 1.29 is 9.84 Å². The number of ether oxygens (including phenoxy) is 1. The standard InChI is InChI=1S/C18H19N3O2/c22-10-5-4-8-15-12-19-17-16(15)18(21-13-20-17)23-11-9-14-6-2-1-3-7-14/h1-7,12-13,22H,8-11H2,(H,19,20,21)/b5-4+. The van der Waals surface area contributed by atoms with Crippen molar-refractivity contribution in [3.8, 4) is 5.88 Å². The molecule has 3 rings (SSSR count). The van der Waals surface area contributed by atoms with Crippen LogP contribution in [0.5, 0.6) is 5.88 Å². The number of nitrogens with one attached hydrogen (secondary N) is 1. The van der Waals surface area contributed by atoms with Gasteiger partial charge in [0.05, 0.1) is 18.6 Å². The van der Waals surface area contributed by atoms with E-state index in [1.807, 2.05) is 30.5 Å². The second-order valence-corrected chi connectivity index (χ2v) is 5.16. The molecule has 2 heterocycles. The third kappa shape index (κ3) is 3.76. The quantitative estimate of drug-likeness (QED) is 0.658. The van der Waals surface area contributed by atoms with E-state index in [1.165, 1.54) is 11.9 Å².